The Morgan fingerprint density at radius 2 is 1.39 bits per heavy atom. The fourth-order valence-corrected chi connectivity index (χ4v) is 3.69. The summed E-state index contributed by atoms with van der Waals surface area (Å²) < 4.78 is 3.73. The molecule has 0 aliphatic carbocycles. The number of hydrogen-bond acceptors (Lipinski definition) is 7. The predicted molar refractivity (Wildman–Crippen MR) is 107 cm³/mol. The molecule has 2 aliphatic heterocycles. The number of nitrogen functional groups attached to an aromatic ring is 1. The quantitative estimate of drug-likeness (QED) is 0.628. The zero-order valence-corrected chi connectivity index (χ0v) is 16.6. The number of aromatic nitrogens is 4. The highest BCUT2D eigenvalue weighted by atomic mass is 16.6. The molecule has 0 amide bonds. The first-order valence-electron chi connectivity index (χ1n) is 9.77. The first kappa shape index (κ1) is 20.3. The van der Waals surface area contributed by atoms with E-state index in [0.717, 1.165) is 44.7 Å². The molecule has 10 heteroatoms. The van der Waals surface area contributed by atoms with Crippen LogP contribution in [0.4, 0.5) is 11.4 Å². The summed E-state index contributed by atoms with van der Waals surface area (Å²) in [6.45, 7) is 4.37. The molecule has 4 heterocycles. The number of piperidine rings is 2. The van der Waals surface area contributed by atoms with Crippen molar-refractivity contribution >= 4 is 11.4 Å². The number of nitro groups is 1. The molecule has 4 rings (SSSR count). The Labute approximate surface area is 165 Å². The maximum Gasteiger partial charge on any atom is 0.307 e. The maximum absolute atomic E-state index is 10.5. The summed E-state index contributed by atoms with van der Waals surface area (Å²) in [4.78, 5) is 14.7. The molecule has 0 bridgehead atoms. The number of rotatable bonds is 3. The van der Waals surface area contributed by atoms with Gasteiger partial charge in [0.15, 0.2) is 0 Å². The van der Waals surface area contributed by atoms with Crippen molar-refractivity contribution in [1.29, 1.82) is 0 Å². The third-order valence-electron chi connectivity index (χ3n) is 5.54. The van der Waals surface area contributed by atoms with Crippen molar-refractivity contribution < 1.29 is 4.92 Å². The second-order valence-electron chi connectivity index (χ2n) is 7.76. The first-order chi connectivity index (χ1) is 13.4. The molecule has 0 saturated carbocycles. The average molecular weight is 390 g/mol. The minimum atomic E-state index is -0.404. The van der Waals surface area contributed by atoms with Crippen molar-refractivity contribution in [3.8, 4) is 0 Å². The summed E-state index contributed by atoms with van der Waals surface area (Å²) in [5, 5.41) is 18.8. The summed E-state index contributed by atoms with van der Waals surface area (Å²) in [6.07, 6.45) is 10.9. The Morgan fingerprint density at radius 1 is 0.929 bits per heavy atom. The van der Waals surface area contributed by atoms with E-state index in [1.165, 1.54) is 25.2 Å². The van der Waals surface area contributed by atoms with Gasteiger partial charge in [-0.1, -0.05) is 0 Å². The number of likely N-dealkylation sites (tertiary alicyclic amines) is 2. The maximum atomic E-state index is 10.5. The van der Waals surface area contributed by atoms with Gasteiger partial charge >= 0.3 is 5.69 Å². The lowest BCUT2D eigenvalue weighted by Crippen LogP contribution is -2.31. The summed E-state index contributed by atoms with van der Waals surface area (Å²) in [5.74, 6) is 0. The zero-order valence-electron chi connectivity index (χ0n) is 16.6. The molecule has 0 spiro atoms. The normalized spacial score (nSPS) is 19.9. The van der Waals surface area contributed by atoms with Gasteiger partial charge in [0.1, 0.15) is 12.4 Å². The van der Waals surface area contributed by atoms with Crippen LogP contribution in [-0.4, -0.2) is 74.6 Å². The Kier molecular flexibility index (Phi) is 6.63. The Hall–Kier alpha value is -2.46. The Morgan fingerprint density at radius 3 is 1.79 bits per heavy atom. The van der Waals surface area contributed by atoms with Crippen molar-refractivity contribution in [2.24, 2.45) is 0 Å². The van der Waals surface area contributed by atoms with Crippen LogP contribution in [0.1, 0.15) is 37.8 Å². The molecule has 154 valence electrons. The van der Waals surface area contributed by atoms with Crippen LogP contribution in [0.5, 0.6) is 0 Å². The summed E-state index contributed by atoms with van der Waals surface area (Å²) in [6, 6.07) is 0.864. The number of nitrogens with zero attached hydrogens (tertiary/aromatic N) is 7. The van der Waals surface area contributed by atoms with E-state index in [1.807, 2.05) is 10.9 Å². The van der Waals surface area contributed by atoms with Crippen LogP contribution in [0.25, 0.3) is 0 Å². The molecular formula is C18H30N8O2. The third kappa shape index (κ3) is 5.29. The monoisotopic (exact) mass is 390 g/mol. The highest BCUT2D eigenvalue weighted by Gasteiger charge is 2.21. The molecule has 2 N–H and O–H groups in total. The van der Waals surface area contributed by atoms with Gasteiger partial charge < -0.3 is 15.5 Å². The molecule has 0 atom stereocenters. The molecule has 2 aromatic heterocycles. The van der Waals surface area contributed by atoms with E-state index in [4.69, 9.17) is 5.73 Å². The van der Waals surface area contributed by atoms with Crippen LogP contribution in [0, 0.1) is 10.1 Å². The van der Waals surface area contributed by atoms with E-state index in [9.17, 15) is 10.1 Å². The van der Waals surface area contributed by atoms with Gasteiger partial charge in [-0.05, 0) is 66.0 Å². The molecule has 2 saturated heterocycles. The topological polar surface area (TPSA) is 111 Å². The van der Waals surface area contributed by atoms with Crippen LogP contribution >= 0.6 is 0 Å². The van der Waals surface area contributed by atoms with Gasteiger partial charge in [-0.25, -0.2) is 0 Å². The van der Waals surface area contributed by atoms with Gasteiger partial charge in [-0.3, -0.25) is 19.5 Å². The lowest BCUT2D eigenvalue weighted by Gasteiger charge is -2.28. The molecule has 0 unspecified atom stereocenters. The lowest BCUT2D eigenvalue weighted by molar-refractivity contribution is -0.385. The van der Waals surface area contributed by atoms with E-state index in [0.29, 0.717) is 12.1 Å². The highest BCUT2D eigenvalue weighted by Crippen LogP contribution is 2.23. The summed E-state index contributed by atoms with van der Waals surface area (Å²) in [7, 11) is 4.25. The van der Waals surface area contributed by atoms with Gasteiger partial charge in [-0.2, -0.15) is 10.2 Å². The van der Waals surface area contributed by atoms with Crippen molar-refractivity contribution in [3.63, 3.8) is 0 Å². The molecule has 2 aliphatic rings. The number of hydrogen-bond donors (Lipinski definition) is 1. The Balaban J connectivity index is 0.000000162. The molecule has 2 fully saturated rings. The van der Waals surface area contributed by atoms with E-state index in [2.05, 4.69) is 34.1 Å². The van der Waals surface area contributed by atoms with Crippen molar-refractivity contribution in [3.05, 3.63) is 34.9 Å². The second kappa shape index (κ2) is 9.16. The molecule has 0 aromatic carbocycles. The van der Waals surface area contributed by atoms with E-state index < -0.39 is 4.92 Å². The van der Waals surface area contributed by atoms with E-state index in [-0.39, 0.29) is 5.69 Å². The van der Waals surface area contributed by atoms with Gasteiger partial charge in [0.2, 0.25) is 0 Å². The molecular weight excluding hydrogens is 360 g/mol. The summed E-state index contributed by atoms with van der Waals surface area (Å²) >= 11 is 0. The van der Waals surface area contributed by atoms with Gasteiger partial charge in [0.05, 0.1) is 28.9 Å². The third-order valence-corrected chi connectivity index (χ3v) is 5.54. The van der Waals surface area contributed by atoms with Crippen molar-refractivity contribution in [2.45, 2.75) is 37.8 Å². The summed E-state index contributed by atoms with van der Waals surface area (Å²) in [5.41, 5.74) is 6.46. The Bertz CT molecular complexity index is 757. The van der Waals surface area contributed by atoms with Crippen molar-refractivity contribution in [1.82, 2.24) is 29.4 Å². The predicted octanol–water partition coefficient (Wildman–Crippen LogP) is 1.79. The SMILES string of the molecule is CN1CCC(n2cc(N)cn2)CC1.CN1CCC(n2cc([N+](=O)[O-])cn2)CC1. The number of anilines is 1. The average Bonchev–Trinajstić information content (AvgIpc) is 3.33. The van der Waals surface area contributed by atoms with Crippen LogP contribution < -0.4 is 5.73 Å². The number of nitrogens with two attached hydrogens (primary N) is 1. The molecule has 28 heavy (non-hydrogen) atoms. The van der Waals surface area contributed by atoms with E-state index in [1.54, 1.807) is 10.9 Å². The molecule has 0 radical (unpaired) electrons. The largest absolute Gasteiger partial charge is 0.396 e. The minimum Gasteiger partial charge on any atom is -0.396 e. The van der Waals surface area contributed by atoms with Gasteiger partial charge in [0, 0.05) is 6.20 Å². The van der Waals surface area contributed by atoms with Gasteiger partial charge in [-0.15, -0.1) is 0 Å². The zero-order chi connectivity index (χ0) is 20.1. The van der Waals surface area contributed by atoms with Crippen LogP contribution in [0.15, 0.2) is 24.8 Å². The molecule has 10 nitrogen and oxygen atoms in total. The minimum absolute atomic E-state index is 0.0777. The highest BCUT2D eigenvalue weighted by molar-refractivity contribution is 5.30. The lowest BCUT2D eigenvalue weighted by atomic mass is 10.1. The second-order valence-corrected chi connectivity index (χ2v) is 7.76. The van der Waals surface area contributed by atoms with Crippen molar-refractivity contribution in [2.75, 3.05) is 46.0 Å². The van der Waals surface area contributed by atoms with Crippen LogP contribution in [0.2, 0.25) is 0 Å². The smallest absolute Gasteiger partial charge is 0.307 e. The first-order valence-corrected chi connectivity index (χ1v) is 9.77. The molecule has 2 aromatic rings. The van der Waals surface area contributed by atoms with Crippen LogP contribution in [-0.2, 0) is 0 Å². The fraction of sp³-hybridized carbons (Fsp3) is 0.667. The van der Waals surface area contributed by atoms with Crippen LogP contribution in [0.3, 0.4) is 0 Å². The fourth-order valence-electron chi connectivity index (χ4n) is 3.69. The standard InChI is InChI=1S/C9H14N4O2.C9H16N4/c1-11-4-2-8(3-5-11)12-7-9(6-10-12)13(14)15;1-12-4-2-9(3-5-12)13-7-8(10)6-11-13/h6-8H,2-5H2,1H3;6-7,9H,2-5,10H2,1H3. The van der Waals surface area contributed by atoms with Gasteiger partial charge in [0.25, 0.3) is 0 Å². The van der Waals surface area contributed by atoms with E-state index >= 15 is 0 Å².